The summed E-state index contributed by atoms with van der Waals surface area (Å²) in [7, 11) is -2.58. The van der Waals surface area contributed by atoms with Crippen LogP contribution in [0.25, 0.3) is 5.78 Å². The number of hydrogen-bond donors (Lipinski definition) is 3. The van der Waals surface area contributed by atoms with E-state index in [1.54, 1.807) is 0 Å². The second kappa shape index (κ2) is 3.84. The molecule has 0 amide bonds. The van der Waals surface area contributed by atoms with Crippen LogP contribution in [0.4, 0.5) is 5.82 Å². The van der Waals surface area contributed by atoms with Crippen LogP contribution in [0.2, 0.25) is 0 Å². The molecule has 1 unspecified atom stereocenters. The Balaban J connectivity index is 2.58. The van der Waals surface area contributed by atoms with Crippen molar-refractivity contribution < 1.29 is 19.4 Å². The van der Waals surface area contributed by atoms with Gasteiger partial charge in [-0.1, -0.05) is 0 Å². The van der Waals surface area contributed by atoms with Crippen LogP contribution in [-0.2, 0) is 4.57 Å². The maximum Gasteiger partial charge on any atom is 0.641 e. The van der Waals surface area contributed by atoms with Gasteiger partial charge in [-0.2, -0.15) is 0 Å². The quantitative estimate of drug-likeness (QED) is 0.669. The van der Waals surface area contributed by atoms with Crippen molar-refractivity contribution in [2.45, 2.75) is 0 Å². The number of carbonyl (C=O) groups is 1. The molecule has 0 aliphatic rings. The van der Waals surface area contributed by atoms with Crippen LogP contribution in [0, 0.1) is 0 Å². The number of carboxylic acids is 1. The summed E-state index contributed by atoms with van der Waals surface area (Å²) in [4.78, 5) is 26.9. The van der Waals surface area contributed by atoms with Crippen LogP contribution in [0.15, 0.2) is 18.5 Å². The van der Waals surface area contributed by atoms with Crippen molar-refractivity contribution in [3.05, 3.63) is 24.2 Å². The minimum Gasteiger partial charge on any atom is -0.476 e. The third-order valence-electron chi connectivity index (χ3n) is 1.80. The van der Waals surface area contributed by atoms with E-state index in [-0.39, 0.29) is 17.3 Å². The maximum atomic E-state index is 10.7. The summed E-state index contributed by atoms with van der Waals surface area (Å²) < 4.78 is 11.9. The fourth-order valence-corrected chi connectivity index (χ4v) is 1.56. The molecule has 2 heterocycles. The molecule has 0 fully saturated rings. The Morgan fingerprint density at radius 2 is 2.31 bits per heavy atom. The van der Waals surface area contributed by atoms with E-state index < -0.39 is 14.1 Å². The number of rotatable bonds is 3. The van der Waals surface area contributed by atoms with Gasteiger partial charge in [0.1, 0.15) is 0 Å². The Hall–Kier alpha value is -2.05. The van der Waals surface area contributed by atoms with E-state index in [2.05, 4.69) is 15.1 Å². The summed E-state index contributed by atoms with van der Waals surface area (Å²) in [6.07, 6.45) is 2.57. The maximum absolute atomic E-state index is 10.7. The molecule has 3 N–H and O–H groups in total. The van der Waals surface area contributed by atoms with Crippen molar-refractivity contribution in [3.63, 3.8) is 0 Å². The molecule has 1 atom stereocenters. The van der Waals surface area contributed by atoms with Crippen LogP contribution in [0.5, 0.6) is 0 Å². The molecule has 0 spiro atoms. The van der Waals surface area contributed by atoms with Crippen molar-refractivity contribution >= 4 is 25.7 Å². The number of fused-ring (bicyclic) bond motifs is 1. The molecule has 2 aromatic heterocycles. The number of nitrogens with one attached hydrogen (secondary N) is 1. The molecule has 82 valence electrons. The smallest absolute Gasteiger partial charge is 0.476 e. The number of aromatic nitrogens is 3. The lowest BCUT2D eigenvalue weighted by Gasteiger charge is -1.96. The van der Waals surface area contributed by atoms with E-state index in [1.165, 1.54) is 22.9 Å². The highest BCUT2D eigenvalue weighted by Crippen LogP contribution is 2.19. The molecule has 2 aromatic rings. The van der Waals surface area contributed by atoms with Crippen molar-refractivity contribution in [1.29, 1.82) is 0 Å². The van der Waals surface area contributed by atoms with E-state index in [0.29, 0.717) is 0 Å². The summed E-state index contributed by atoms with van der Waals surface area (Å²) in [6.45, 7) is 0. The highest BCUT2D eigenvalue weighted by molar-refractivity contribution is 7.39. The summed E-state index contributed by atoms with van der Waals surface area (Å²) in [6, 6.07) is 1.43. The predicted octanol–water partition coefficient (Wildman–Crippen LogP) is 0.489. The molecule has 16 heavy (non-hydrogen) atoms. The second-order valence-electron chi connectivity index (χ2n) is 2.82. The number of hydrogen-bond acceptors (Lipinski definition) is 4. The van der Waals surface area contributed by atoms with Gasteiger partial charge in [0.25, 0.3) is 0 Å². The lowest BCUT2D eigenvalue weighted by atomic mass is 10.5. The van der Waals surface area contributed by atoms with E-state index in [9.17, 15) is 9.36 Å². The summed E-state index contributed by atoms with van der Waals surface area (Å²) in [5.74, 6) is -0.808. The molecule has 0 radical (unpaired) electrons. The van der Waals surface area contributed by atoms with Gasteiger partial charge < -0.3 is 5.11 Å². The molecule has 0 bridgehead atoms. The van der Waals surface area contributed by atoms with Crippen molar-refractivity contribution in [3.8, 4) is 0 Å². The Labute approximate surface area is 89.5 Å². The first kappa shape index (κ1) is 10.5. The third-order valence-corrected chi connectivity index (χ3v) is 2.22. The molecule has 2 rings (SSSR count). The molecule has 9 heteroatoms. The summed E-state index contributed by atoms with van der Waals surface area (Å²) >= 11 is 0. The number of nitrogens with zero attached hydrogens (tertiary/aromatic N) is 3. The Morgan fingerprint density at radius 1 is 1.56 bits per heavy atom. The van der Waals surface area contributed by atoms with Crippen LogP contribution in [0.1, 0.15) is 10.5 Å². The molecule has 8 nitrogen and oxygen atoms in total. The van der Waals surface area contributed by atoms with Gasteiger partial charge in [-0.25, -0.2) is 14.8 Å². The van der Waals surface area contributed by atoms with E-state index in [1.807, 2.05) is 0 Å². The highest BCUT2D eigenvalue weighted by atomic mass is 31.1. The van der Waals surface area contributed by atoms with E-state index >= 15 is 0 Å². The van der Waals surface area contributed by atoms with Gasteiger partial charge >= 0.3 is 14.1 Å². The number of carboxylic acid groups (broad SMARTS) is 1. The van der Waals surface area contributed by atoms with Gasteiger partial charge in [-0.05, 0) is 4.57 Å². The van der Waals surface area contributed by atoms with Crippen molar-refractivity contribution in [2.75, 3.05) is 5.09 Å². The topological polar surface area (TPSA) is 117 Å². The third kappa shape index (κ3) is 1.83. The molecule has 0 saturated heterocycles. The lowest BCUT2D eigenvalue weighted by molar-refractivity contribution is 0.0691. The van der Waals surface area contributed by atoms with Crippen molar-refractivity contribution in [1.82, 2.24) is 14.4 Å². The van der Waals surface area contributed by atoms with Crippen LogP contribution >= 0.6 is 8.18 Å². The number of aromatic carboxylic acids is 1. The Morgan fingerprint density at radius 3 is 2.94 bits per heavy atom. The van der Waals surface area contributed by atoms with Gasteiger partial charge in [0, 0.05) is 18.5 Å². The Kier molecular flexibility index (Phi) is 2.51. The first-order chi connectivity index (χ1) is 7.58. The monoisotopic (exact) mass is 241 g/mol. The molecule has 0 saturated carbocycles. The van der Waals surface area contributed by atoms with Gasteiger partial charge in [0.2, 0.25) is 5.78 Å². The number of imidazole rings is 1. The average Bonchev–Trinajstić information content (AvgIpc) is 2.61. The van der Waals surface area contributed by atoms with Crippen LogP contribution in [0.3, 0.4) is 0 Å². The molecular formula is C7H6N4O4P+. The zero-order chi connectivity index (χ0) is 11.7. The molecular weight excluding hydrogens is 235 g/mol. The highest BCUT2D eigenvalue weighted by Gasteiger charge is 2.16. The fraction of sp³-hybridized carbons (Fsp3) is 0. The average molecular weight is 241 g/mol. The number of anilines is 1. The normalized spacial score (nSPS) is 11.4. The van der Waals surface area contributed by atoms with Gasteiger partial charge in [-0.15, -0.1) is 9.98 Å². The Bertz CT molecular complexity index is 581. The first-order valence-corrected chi connectivity index (χ1v) is 5.29. The van der Waals surface area contributed by atoms with Gasteiger partial charge in [0.15, 0.2) is 11.5 Å². The molecule has 0 aromatic carbocycles. The molecule has 0 aliphatic heterocycles. The van der Waals surface area contributed by atoms with E-state index in [0.717, 1.165) is 0 Å². The predicted molar refractivity (Wildman–Crippen MR) is 53.4 cm³/mol. The van der Waals surface area contributed by atoms with Crippen molar-refractivity contribution in [2.24, 2.45) is 0 Å². The summed E-state index contributed by atoms with van der Waals surface area (Å²) in [5.41, 5.74) is -0.185. The first-order valence-electron chi connectivity index (χ1n) is 4.08. The van der Waals surface area contributed by atoms with E-state index in [4.69, 9.17) is 10.00 Å². The zero-order valence-corrected chi connectivity index (χ0v) is 8.63. The second-order valence-corrected chi connectivity index (χ2v) is 3.59. The summed E-state index contributed by atoms with van der Waals surface area (Å²) in [5, 5.41) is 11.0. The minimum atomic E-state index is -2.58. The fourth-order valence-electron chi connectivity index (χ4n) is 1.19. The van der Waals surface area contributed by atoms with Crippen LogP contribution < -0.4 is 5.09 Å². The standard InChI is InChI=1S/C7H5N4O4P/c12-6(13)4-3-11-5(10-16(14)15)1-2-8-7(11)9-4/h1-3H,(H2-,8,9,10,12,13,14,15)/p+1. The van der Waals surface area contributed by atoms with Gasteiger partial charge in [0.05, 0.1) is 0 Å². The largest absolute Gasteiger partial charge is 0.641 e. The SMILES string of the molecule is O=C(O)c1cn2c(N[P+](=O)O)ccnc2n1. The lowest BCUT2D eigenvalue weighted by Crippen LogP contribution is -1.96. The van der Waals surface area contributed by atoms with Crippen LogP contribution in [-0.4, -0.2) is 30.3 Å². The zero-order valence-electron chi connectivity index (χ0n) is 7.73. The molecule has 0 aliphatic carbocycles. The minimum absolute atomic E-state index is 0.138. The van der Waals surface area contributed by atoms with Gasteiger partial charge in [-0.3, -0.25) is 4.40 Å².